The molecule has 0 bridgehead atoms. The maximum absolute atomic E-state index is 12.6. The van der Waals surface area contributed by atoms with Crippen molar-refractivity contribution in [3.8, 4) is 0 Å². The molecule has 0 radical (unpaired) electrons. The molecule has 0 spiro atoms. The minimum atomic E-state index is -4.34. The van der Waals surface area contributed by atoms with Crippen molar-refractivity contribution in [2.24, 2.45) is 0 Å². The minimum Gasteiger partial charge on any atom is -0.382 e. The highest BCUT2D eigenvalue weighted by molar-refractivity contribution is 9.10. The number of nitrogens with two attached hydrogens (primary N) is 1. The Bertz CT molecular complexity index is 563. The maximum Gasteiger partial charge on any atom is 0.397 e. The van der Waals surface area contributed by atoms with E-state index in [1.165, 1.54) is 6.20 Å². The Morgan fingerprint density at radius 1 is 1.47 bits per heavy atom. The Labute approximate surface area is 103 Å². The summed E-state index contributed by atoms with van der Waals surface area (Å²) in [5, 5.41) is 6.79. The van der Waals surface area contributed by atoms with E-state index < -0.39 is 12.1 Å². The van der Waals surface area contributed by atoms with E-state index in [1.807, 2.05) is 0 Å². The van der Waals surface area contributed by atoms with E-state index in [9.17, 15) is 13.2 Å². The van der Waals surface area contributed by atoms with Crippen molar-refractivity contribution in [3.63, 3.8) is 0 Å². The van der Waals surface area contributed by atoms with Gasteiger partial charge in [0.15, 0.2) is 5.82 Å². The average molecular weight is 309 g/mol. The molecule has 4 nitrogen and oxygen atoms in total. The van der Waals surface area contributed by atoms with Gasteiger partial charge in [-0.05, 0) is 22.9 Å². The van der Waals surface area contributed by atoms with Crippen LogP contribution in [0.3, 0.4) is 0 Å². The lowest BCUT2D eigenvalue weighted by Crippen LogP contribution is -2.19. The number of alkyl halides is 3. The molecule has 2 aromatic heterocycles. The van der Waals surface area contributed by atoms with E-state index in [0.29, 0.717) is 10.9 Å². The van der Waals surface area contributed by atoms with Gasteiger partial charge >= 0.3 is 6.18 Å². The molecule has 92 valence electrons. The largest absolute Gasteiger partial charge is 0.397 e. The number of H-pyrrole nitrogens is 1. The number of nitrogen functional groups attached to an aromatic ring is 1. The van der Waals surface area contributed by atoms with Gasteiger partial charge in [0.05, 0.1) is 27.0 Å². The van der Waals surface area contributed by atoms with Crippen molar-refractivity contribution in [3.05, 3.63) is 16.4 Å². The fourth-order valence-corrected chi connectivity index (χ4v) is 2.19. The highest BCUT2D eigenvalue weighted by Crippen LogP contribution is 2.39. The molecule has 0 saturated carbocycles. The highest BCUT2D eigenvalue weighted by Gasteiger charge is 2.39. The number of hydrogen-bond donors (Lipinski definition) is 2. The first-order valence-corrected chi connectivity index (χ1v) is 5.46. The van der Waals surface area contributed by atoms with Crippen LogP contribution in [0.4, 0.5) is 19.0 Å². The van der Waals surface area contributed by atoms with Crippen molar-refractivity contribution in [1.29, 1.82) is 0 Å². The average Bonchev–Trinajstić information content (AvgIpc) is 2.60. The van der Waals surface area contributed by atoms with Crippen molar-refractivity contribution >= 4 is 32.7 Å². The van der Waals surface area contributed by atoms with E-state index in [-0.39, 0.29) is 16.0 Å². The predicted molar refractivity (Wildman–Crippen MR) is 60.5 cm³/mol. The normalized spacial score (nSPS) is 14.2. The summed E-state index contributed by atoms with van der Waals surface area (Å²) >= 11 is 3.10. The van der Waals surface area contributed by atoms with E-state index in [2.05, 4.69) is 31.1 Å². The standard InChI is InChI=1S/C9H8BrF3N4/c1-3(9(11,12)13)6-5(10)7-4(2-15-6)8(14)17-16-7/h2-3H,1H3,(H3,14,16,17). The minimum absolute atomic E-state index is 0.0892. The highest BCUT2D eigenvalue weighted by atomic mass is 79.9. The third-order valence-corrected chi connectivity index (χ3v) is 3.31. The molecular weight excluding hydrogens is 301 g/mol. The van der Waals surface area contributed by atoms with Gasteiger partial charge in [-0.3, -0.25) is 10.1 Å². The van der Waals surface area contributed by atoms with Crippen LogP contribution < -0.4 is 5.73 Å². The van der Waals surface area contributed by atoms with Gasteiger partial charge in [0.1, 0.15) is 0 Å². The van der Waals surface area contributed by atoms with E-state index >= 15 is 0 Å². The molecule has 0 aliphatic rings. The molecule has 17 heavy (non-hydrogen) atoms. The Balaban J connectivity index is 2.61. The number of fused-ring (bicyclic) bond motifs is 1. The molecule has 8 heteroatoms. The van der Waals surface area contributed by atoms with Gasteiger partial charge in [-0.2, -0.15) is 18.3 Å². The Morgan fingerprint density at radius 3 is 2.71 bits per heavy atom. The van der Waals surface area contributed by atoms with Gasteiger partial charge in [0.2, 0.25) is 0 Å². The molecule has 1 unspecified atom stereocenters. The van der Waals surface area contributed by atoms with E-state index in [1.54, 1.807) is 0 Å². The fraction of sp³-hybridized carbons (Fsp3) is 0.333. The molecular formula is C9H8BrF3N4. The van der Waals surface area contributed by atoms with Crippen LogP contribution in [-0.4, -0.2) is 21.4 Å². The smallest absolute Gasteiger partial charge is 0.382 e. The number of halogens is 4. The van der Waals surface area contributed by atoms with Crippen LogP contribution in [0, 0.1) is 0 Å². The van der Waals surface area contributed by atoms with Crippen LogP contribution in [0.15, 0.2) is 10.7 Å². The number of nitrogens with zero attached hydrogens (tertiary/aromatic N) is 2. The van der Waals surface area contributed by atoms with Crippen molar-refractivity contribution in [2.45, 2.75) is 19.0 Å². The second-order valence-electron chi connectivity index (χ2n) is 3.62. The third kappa shape index (κ3) is 1.97. The molecule has 2 rings (SSSR count). The van der Waals surface area contributed by atoms with Crippen molar-refractivity contribution in [1.82, 2.24) is 15.2 Å². The number of hydrogen-bond acceptors (Lipinski definition) is 3. The van der Waals surface area contributed by atoms with Gasteiger partial charge in [-0.25, -0.2) is 0 Å². The van der Waals surface area contributed by atoms with Crippen molar-refractivity contribution < 1.29 is 13.2 Å². The first kappa shape index (κ1) is 12.2. The van der Waals surface area contributed by atoms with Crippen LogP contribution in [0.5, 0.6) is 0 Å². The van der Waals surface area contributed by atoms with Crippen molar-refractivity contribution in [2.75, 3.05) is 5.73 Å². The molecule has 2 aromatic rings. The van der Waals surface area contributed by atoms with Crippen LogP contribution >= 0.6 is 15.9 Å². The van der Waals surface area contributed by atoms with E-state index in [0.717, 1.165) is 6.92 Å². The van der Waals surface area contributed by atoms with Gasteiger partial charge in [0, 0.05) is 6.20 Å². The molecule has 1 atom stereocenters. The number of aromatic amines is 1. The van der Waals surface area contributed by atoms with Crippen LogP contribution in [0.2, 0.25) is 0 Å². The predicted octanol–water partition coefficient (Wildman–Crippen LogP) is 2.97. The topological polar surface area (TPSA) is 67.6 Å². The third-order valence-electron chi connectivity index (χ3n) is 2.51. The molecule has 0 amide bonds. The first-order valence-electron chi connectivity index (χ1n) is 4.67. The lowest BCUT2D eigenvalue weighted by atomic mass is 10.1. The van der Waals surface area contributed by atoms with Gasteiger partial charge in [-0.15, -0.1) is 0 Å². The SMILES string of the molecule is CC(c1ncc2c(N)n[nH]c2c1Br)C(F)(F)F. The van der Waals surface area contributed by atoms with Crippen LogP contribution in [0.1, 0.15) is 18.5 Å². The van der Waals surface area contributed by atoms with Crippen LogP contribution in [-0.2, 0) is 0 Å². The maximum atomic E-state index is 12.6. The lowest BCUT2D eigenvalue weighted by Gasteiger charge is -2.16. The van der Waals surface area contributed by atoms with Crippen LogP contribution in [0.25, 0.3) is 10.9 Å². The second kappa shape index (κ2) is 3.86. The number of nitrogens with one attached hydrogen (secondary N) is 1. The van der Waals surface area contributed by atoms with Gasteiger partial charge in [-0.1, -0.05) is 0 Å². The monoisotopic (exact) mass is 308 g/mol. The molecule has 0 fully saturated rings. The van der Waals surface area contributed by atoms with Gasteiger partial charge < -0.3 is 5.73 Å². The summed E-state index contributed by atoms with van der Waals surface area (Å²) in [6.07, 6.45) is -3.05. The zero-order valence-corrected chi connectivity index (χ0v) is 10.2. The fourth-order valence-electron chi connectivity index (χ4n) is 1.44. The zero-order valence-electron chi connectivity index (χ0n) is 8.64. The molecule has 0 aliphatic carbocycles. The summed E-state index contributed by atoms with van der Waals surface area (Å²) in [4.78, 5) is 3.80. The summed E-state index contributed by atoms with van der Waals surface area (Å²) in [6, 6.07) is 0. The van der Waals surface area contributed by atoms with Gasteiger partial charge in [0.25, 0.3) is 0 Å². The number of pyridine rings is 1. The zero-order chi connectivity index (χ0) is 12.8. The Hall–Kier alpha value is -1.31. The molecule has 0 saturated heterocycles. The molecule has 0 aliphatic heterocycles. The summed E-state index contributed by atoms with van der Waals surface area (Å²) in [7, 11) is 0. The summed E-state index contributed by atoms with van der Waals surface area (Å²) in [5.74, 6) is -1.45. The Kier molecular flexibility index (Phi) is 2.76. The summed E-state index contributed by atoms with van der Waals surface area (Å²) in [6.45, 7) is 1.05. The first-order chi connectivity index (χ1) is 7.82. The molecule has 3 N–H and O–H groups in total. The number of anilines is 1. The Morgan fingerprint density at radius 2 is 2.12 bits per heavy atom. The molecule has 0 aromatic carbocycles. The summed E-state index contributed by atoms with van der Waals surface area (Å²) in [5.41, 5.74) is 5.86. The quantitative estimate of drug-likeness (QED) is 0.851. The number of rotatable bonds is 1. The number of aromatic nitrogens is 3. The summed E-state index contributed by atoms with van der Waals surface area (Å²) < 4.78 is 38.1. The molecule has 2 heterocycles. The second-order valence-corrected chi connectivity index (χ2v) is 4.41. The lowest BCUT2D eigenvalue weighted by molar-refractivity contribution is -0.147. The van der Waals surface area contributed by atoms with E-state index in [4.69, 9.17) is 5.73 Å².